The molecule has 0 unspecified atom stereocenters. The maximum absolute atomic E-state index is 10.4. The number of carbonyl (C=O) groups excluding carboxylic acids is 2. The number of amides is 1. The lowest BCUT2D eigenvalue weighted by molar-refractivity contribution is -0.144. The number of hydrogen-bond acceptors (Lipinski definition) is 4. The van der Waals surface area contributed by atoms with E-state index in [-0.39, 0.29) is 0 Å². The van der Waals surface area contributed by atoms with Crippen LogP contribution in [0.2, 0.25) is 0 Å². The number of Topliss-reactive ketones (excluding diaryl/α,β-unsaturated/α-hetero) is 1. The fraction of sp³-hybridized carbons (Fsp3) is 0.400. The lowest BCUT2D eigenvalue weighted by Gasteiger charge is -1.93. The molecule has 0 radical (unpaired) electrons. The van der Waals surface area contributed by atoms with E-state index < -0.39 is 30.5 Å². The fourth-order valence-corrected chi connectivity index (χ4v) is 0.396. The zero-order valence-corrected chi connectivity index (χ0v) is 5.53. The first-order valence-electron chi connectivity index (χ1n) is 2.77. The van der Waals surface area contributed by atoms with Gasteiger partial charge in [0.25, 0.3) is 0 Å². The summed E-state index contributed by atoms with van der Waals surface area (Å²) in [4.78, 5) is 30.5. The summed E-state index contributed by atoms with van der Waals surface area (Å²) in [6, 6.07) is 0. The average molecular weight is 161 g/mol. The van der Waals surface area contributed by atoms with Crippen molar-refractivity contribution in [3.8, 4) is 0 Å². The van der Waals surface area contributed by atoms with E-state index in [1.165, 1.54) is 0 Å². The summed E-state index contributed by atoms with van der Waals surface area (Å²) in [7, 11) is 0. The van der Waals surface area contributed by atoms with Crippen molar-refractivity contribution in [1.82, 2.24) is 5.48 Å². The van der Waals surface area contributed by atoms with Crippen molar-refractivity contribution in [2.75, 3.05) is 0 Å². The minimum Gasteiger partial charge on any atom is -0.481 e. The van der Waals surface area contributed by atoms with E-state index in [0.29, 0.717) is 0 Å². The van der Waals surface area contributed by atoms with Crippen LogP contribution < -0.4 is 5.48 Å². The van der Waals surface area contributed by atoms with Crippen LogP contribution in [0.4, 0.5) is 0 Å². The summed E-state index contributed by atoms with van der Waals surface area (Å²) in [5.74, 6) is -3.30. The molecule has 1 amide bonds. The molecule has 0 aliphatic heterocycles. The number of ketones is 1. The largest absolute Gasteiger partial charge is 0.481 e. The Bertz CT molecular complexity index is 187. The standard InChI is InChI=1S/C5H7NO5/c7-3(5(10)6-11)1-2-4(8)9/h11H,1-2H2,(H,6,10)(H,8,9). The Hall–Kier alpha value is -1.43. The molecule has 6 nitrogen and oxygen atoms in total. The van der Waals surface area contributed by atoms with Crippen LogP contribution in [0.5, 0.6) is 0 Å². The molecule has 0 saturated carbocycles. The van der Waals surface area contributed by atoms with Gasteiger partial charge in [0.2, 0.25) is 5.78 Å². The van der Waals surface area contributed by atoms with Crippen molar-refractivity contribution < 1.29 is 24.7 Å². The van der Waals surface area contributed by atoms with Crippen LogP contribution >= 0.6 is 0 Å². The van der Waals surface area contributed by atoms with E-state index in [0.717, 1.165) is 5.48 Å². The quantitative estimate of drug-likeness (QED) is 0.276. The third kappa shape index (κ3) is 4.04. The molecule has 0 rings (SSSR count). The van der Waals surface area contributed by atoms with E-state index in [1.807, 2.05) is 0 Å². The van der Waals surface area contributed by atoms with E-state index in [4.69, 9.17) is 10.3 Å². The molecule has 0 aromatic carbocycles. The van der Waals surface area contributed by atoms with Gasteiger partial charge >= 0.3 is 11.9 Å². The third-order valence-electron chi connectivity index (χ3n) is 0.921. The number of carbonyl (C=O) groups is 3. The van der Waals surface area contributed by atoms with E-state index in [9.17, 15) is 14.4 Å². The highest BCUT2D eigenvalue weighted by Gasteiger charge is 2.13. The summed E-state index contributed by atoms with van der Waals surface area (Å²) >= 11 is 0. The van der Waals surface area contributed by atoms with Crippen molar-refractivity contribution in [2.24, 2.45) is 0 Å². The van der Waals surface area contributed by atoms with Gasteiger partial charge < -0.3 is 5.11 Å². The topological polar surface area (TPSA) is 104 Å². The van der Waals surface area contributed by atoms with Crippen LogP contribution in [0.1, 0.15) is 12.8 Å². The van der Waals surface area contributed by atoms with Gasteiger partial charge in [-0.05, 0) is 0 Å². The monoisotopic (exact) mass is 161 g/mol. The molecule has 0 fully saturated rings. The number of hydroxylamine groups is 1. The van der Waals surface area contributed by atoms with Crippen molar-refractivity contribution >= 4 is 17.7 Å². The molecule has 0 saturated heterocycles. The van der Waals surface area contributed by atoms with Crippen LogP contribution in [-0.4, -0.2) is 28.0 Å². The predicted octanol–water partition coefficient (Wildman–Crippen LogP) is -1.07. The molecular formula is C5H7NO5. The number of carboxylic acids is 1. The van der Waals surface area contributed by atoms with Crippen LogP contribution in [0.15, 0.2) is 0 Å². The van der Waals surface area contributed by atoms with E-state index in [2.05, 4.69) is 0 Å². The molecule has 0 aliphatic rings. The summed E-state index contributed by atoms with van der Waals surface area (Å²) in [5, 5.41) is 16.0. The molecular weight excluding hydrogens is 154 g/mol. The maximum Gasteiger partial charge on any atom is 0.310 e. The molecule has 3 N–H and O–H groups in total. The minimum absolute atomic E-state index is 0.401. The van der Waals surface area contributed by atoms with Crippen molar-refractivity contribution in [3.63, 3.8) is 0 Å². The summed E-state index contributed by atoms with van der Waals surface area (Å²) in [6.45, 7) is 0. The van der Waals surface area contributed by atoms with Gasteiger partial charge in [0, 0.05) is 6.42 Å². The average Bonchev–Trinajstić information content (AvgIpc) is 1.98. The zero-order valence-electron chi connectivity index (χ0n) is 5.53. The first kappa shape index (κ1) is 9.57. The van der Waals surface area contributed by atoms with Gasteiger partial charge in [0.15, 0.2) is 0 Å². The van der Waals surface area contributed by atoms with E-state index in [1.54, 1.807) is 0 Å². The van der Waals surface area contributed by atoms with E-state index >= 15 is 0 Å². The molecule has 0 atom stereocenters. The Morgan fingerprint density at radius 1 is 1.18 bits per heavy atom. The highest BCUT2D eigenvalue weighted by atomic mass is 16.5. The molecule has 11 heavy (non-hydrogen) atoms. The summed E-state index contributed by atoms with van der Waals surface area (Å²) in [6.07, 6.45) is -0.812. The van der Waals surface area contributed by atoms with Gasteiger partial charge in [-0.3, -0.25) is 19.6 Å². The lowest BCUT2D eigenvalue weighted by Crippen LogP contribution is -2.28. The molecule has 0 aromatic heterocycles. The lowest BCUT2D eigenvalue weighted by atomic mass is 10.2. The number of nitrogens with one attached hydrogen (secondary N) is 1. The van der Waals surface area contributed by atoms with Gasteiger partial charge in [0.05, 0.1) is 6.42 Å². The Balaban J connectivity index is 3.70. The van der Waals surface area contributed by atoms with Gasteiger partial charge in [0.1, 0.15) is 0 Å². The molecule has 0 spiro atoms. The zero-order chi connectivity index (χ0) is 8.85. The Kier molecular flexibility index (Phi) is 3.82. The normalized spacial score (nSPS) is 8.82. The fourth-order valence-electron chi connectivity index (χ4n) is 0.396. The Labute approximate surface area is 61.8 Å². The van der Waals surface area contributed by atoms with Crippen LogP contribution in [0, 0.1) is 0 Å². The van der Waals surface area contributed by atoms with Crippen LogP contribution in [0.25, 0.3) is 0 Å². The highest BCUT2D eigenvalue weighted by molar-refractivity contribution is 6.35. The molecule has 0 bridgehead atoms. The SMILES string of the molecule is O=C(O)CCC(=O)C(=O)NO. The highest BCUT2D eigenvalue weighted by Crippen LogP contribution is 1.90. The second-order valence-electron chi connectivity index (χ2n) is 1.76. The van der Waals surface area contributed by atoms with Crippen molar-refractivity contribution in [3.05, 3.63) is 0 Å². The van der Waals surface area contributed by atoms with Gasteiger partial charge in [-0.15, -0.1) is 0 Å². The second-order valence-corrected chi connectivity index (χ2v) is 1.76. The molecule has 6 heteroatoms. The summed E-state index contributed by atoms with van der Waals surface area (Å²) < 4.78 is 0. The second kappa shape index (κ2) is 4.40. The Morgan fingerprint density at radius 2 is 1.73 bits per heavy atom. The Morgan fingerprint density at radius 3 is 2.09 bits per heavy atom. The molecule has 62 valence electrons. The summed E-state index contributed by atoms with van der Waals surface area (Å²) in [5.41, 5.74) is 1.11. The first-order chi connectivity index (χ1) is 5.07. The first-order valence-corrected chi connectivity index (χ1v) is 2.77. The number of carboxylic acid groups (broad SMARTS) is 1. The maximum atomic E-state index is 10.4. The molecule has 0 aliphatic carbocycles. The number of rotatable bonds is 4. The predicted molar refractivity (Wildman–Crippen MR) is 31.8 cm³/mol. The number of hydrogen-bond donors (Lipinski definition) is 3. The van der Waals surface area contributed by atoms with Crippen molar-refractivity contribution in [2.45, 2.75) is 12.8 Å². The third-order valence-corrected chi connectivity index (χ3v) is 0.921. The van der Waals surface area contributed by atoms with Gasteiger partial charge in [-0.25, -0.2) is 5.48 Å². The van der Waals surface area contributed by atoms with Crippen molar-refractivity contribution in [1.29, 1.82) is 0 Å². The van der Waals surface area contributed by atoms with Gasteiger partial charge in [-0.1, -0.05) is 0 Å². The molecule has 0 heterocycles. The number of aliphatic carboxylic acids is 1. The van der Waals surface area contributed by atoms with Crippen LogP contribution in [0.3, 0.4) is 0 Å². The molecule has 0 aromatic rings. The minimum atomic E-state index is -1.19. The van der Waals surface area contributed by atoms with Gasteiger partial charge in [-0.2, -0.15) is 0 Å². The smallest absolute Gasteiger partial charge is 0.310 e. The van der Waals surface area contributed by atoms with Crippen LogP contribution in [-0.2, 0) is 14.4 Å².